The Hall–Kier alpha value is -1.80. The third-order valence-electron chi connectivity index (χ3n) is 2.76. The highest BCUT2D eigenvalue weighted by molar-refractivity contribution is 5.28. The fourth-order valence-electron chi connectivity index (χ4n) is 1.62. The van der Waals surface area contributed by atoms with E-state index in [2.05, 4.69) is 10.2 Å². The van der Waals surface area contributed by atoms with Gasteiger partial charge >= 0.3 is 0 Å². The average Bonchev–Trinajstić information content (AvgIpc) is 2.95. The SMILES string of the molecule is NC[C@@H](O)[C@@H](O)[C@H](O)c1cnn(-c2ccccc2)n1. The minimum Gasteiger partial charge on any atom is -0.389 e. The first-order chi connectivity index (χ1) is 9.13. The predicted molar refractivity (Wildman–Crippen MR) is 67.4 cm³/mol. The van der Waals surface area contributed by atoms with Crippen molar-refractivity contribution >= 4 is 0 Å². The Morgan fingerprint density at radius 1 is 1.16 bits per heavy atom. The molecule has 0 bridgehead atoms. The van der Waals surface area contributed by atoms with E-state index in [0.29, 0.717) is 0 Å². The second-order valence-electron chi connectivity index (χ2n) is 4.13. The molecule has 1 aromatic heterocycles. The first-order valence-corrected chi connectivity index (χ1v) is 5.85. The Balaban J connectivity index is 2.17. The molecule has 0 aliphatic carbocycles. The minimum absolute atomic E-state index is 0.148. The summed E-state index contributed by atoms with van der Waals surface area (Å²) >= 11 is 0. The van der Waals surface area contributed by atoms with Crippen LogP contribution in [0.1, 0.15) is 11.8 Å². The molecular formula is C12H16N4O3. The summed E-state index contributed by atoms with van der Waals surface area (Å²) in [7, 11) is 0. The summed E-state index contributed by atoms with van der Waals surface area (Å²) in [4.78, 5) is 1.33. The monoisotopic (exact) mass is 264 g/mol. The second-order valence-corrected chi connectivity index (χ2v) is 4.13. The summed E-state index contributed by atoms with van der Waals surface area (Å²) in [6.07, 6.45) is -2.61. The van der Waals surface area contributed by atoms with Crippen LogP contribution in [-0.2, 0) is 0 Å². The van der Waals surface area contributed by atoms with Gasteiger partial charge in [-0.2, -0.15) is 15.0 Å². The maximum atomic E-state index is 9.87. The third-order valence-corrected chi connectivity index (χ3v) is 2.76. The van der Waals surface area contributed by atoms with Crippen LogP contribution in [-0.4, -0.2) is 49.1 Å². The predicted octanol–water partition coefficient (Wildman–Crippen LogP) is -1.02. The van der Waals surface area contributed by atoms with Gasteiger partial charge in [-0.15, -0.1) is 0 Å². The lowest BCUT2D eigenvalue weighted by atomic mass is 10.1. The molecule has 1 heterocycles. The van der Waals surface area contributed by atoms with E-state index in [-0.39, 0.29) is 12.2 Å². The van der Waals surface area contributed by atoms with Crippen LogP contribution in [0.5, 0.6) is 0 Å². The quantitative estimate of drug-likeness (QED) is 0.549. The first kappa shape index (κ1) is 13.6. The molecule has 1 aromatic carbocycles. The topological polar surface area (TPSA) is 117 Å². The molecule has 102 valence electrons. The molecule has 19 heavy (non-hydrogen) atoms. The van der Waals surface area contributed by atoms with Crippen molar-refractivity contribution < 1.29 is 15.3 Å². The van der Waals surface area contributed by atoms with Crippen molar-refractivity contribution in [1.82, 2.24) is 15.0 Å². The second kappa shape index (κ2) is 5.89. The van der Waals surface area contributed by atoms with Crippen molar-refractivity contribution in [3.63, 3.8) is 0 Å². The molecular weight excluding hydrogens is 248 g/mol. The molecule has 0 aliphatic heterocycles. The Morgan fingerprint density at radius 3 is 2.47 bits per heavy atom. The first-order valence-electron chi connectivity index (χ1n) is 5.85. The van der Waals surface area contributed by atoms with Gasteiger partial charge in [0, 0.05) is 6.54 Å². The van der Waals surface area contributed by atoms with Gasteiger partial charge in [0.2, 0.25) is 0 Å². The van der Waals surface area contributed by atoms with Gasteiger partial charge in [-0.05, 0) is 12.1 Å². The van der Waals surface area contributed by atoms with Crippen molar-refractivity contribution in [2.45, 2.75) is 18.3 Å². The number of benzene rings is 1. The molecule has 5 N–H and O–H groups in total. The molecule has 0 aliphatic rings. The standard InChI is InChI=1S/C12H16N4O3/c13-6-10(17)12(19)11(18)9-7-14-16(15-9)8-4-2-1-3-5-8/h1-5,7,10-12,17-19H,6,13H2/t10-,11-,12-/m1/s1. The largest absolute Gasteiger partial charge is 0.389 e. The maximum Gasteiger partial charge on any atom is 0.128 e. The summed E-state index contributed by atoms with van der Waals surface area (Å²) < 4.78 is 0. The summed E-state index contributed by atoms with van der Waals surface area (Å²) in [6.45, 7) is -0.148. The Morgan fingerprint density at radius 2 is 1.84 bits per heavy atom. The highest BCUT2D eigenvalue weighted by atomic mass is 16.4. The summed E-state index contributed by atoms with van der Waals surface area (Å²) in [6, 6.07) is 9.15. The number of aliphatic hydroxyl groups excluding tert-OH is 3. The lowest BCUT2D eigenvalue weighted by Crippen LogP contribution is -2.37. The van der Waals surface area contributed by atoms with Crippen molar-refractivity contribution in [2.24, 2.45) is 5.73 Å². The van der Waals surface area contributed by atoms with Crippen molar-refractivity contribution in [3.8, 4) is 5.69 Å². The molecule has 0 saturated carbocycles. The Bertz CT molecular complexity index is 517. The number of hydrogen-bond donors (Lipinski definition) is 4. The number of nitrogens with two attached hydrogens (primary N) is 1. The zero-order valence-electron chi connectivity index (χ0n) is 10.2. The molecule has 7 nitrogen and oxygen atoms in total. The van der Waals surface area contributed by atoms with Crippen molar-refractivity contribution in [1.29, 1.82) is 0 Å². The fraction of sp³-hybridized carbons (Fsp3) is 0.333. The van der Waals surface area contributed by atoms with Crippen LogP contribution < -0.4 is 5.73 Å². The van der Waals surface area contributed by atoms with Crippen LogP contribution in [0.3, 0.4) is 0 Å². The molecule has 2 aromatic rings. The zero-order valence-corrected chi connectivity index (χ0v) is 10.2. The summed E-state index contributed by atoms with van der Waals surface area (Å²) in [5, 5.41) is 37.0. The van der Waals surface area contributed by atoms with Crippen LogP contribution in [0.4, 0.5) is 0 Å². The lowest BCUT2D eigenvalue weighted by molar-refractivity contribution is -0.0582. The molecule has 0 amide bonds. The number of rotatable bonds is 5. The average molecular weight is 264 g/mol. The van der Waals surface area contributed by atoms with Gasteiger partial charge in [-0.25, -0.2) is 0 Å². The molecule has 7 heteroatoms. The number of hydrogen-bond acceptors (Lipinski definition) is 6. The van der Waals surface area contributed by atoms with Gasteiger partial charge in [-0.3, -0.25) is 0 Å². The summed E-state index contributed by atoms with van der Waals surface area (Å²) in [5.74, 6) is 0. The van der Waals surface area contributed by atoms with Crippen LogP contribution in [0, 0.1) is 0 Å². The molecule has 2 rings (SSSR count). The van der Waals surface area contributed by atoms with Crippen molar-refractivity contribution in [2.75, 3.05) is 6.54 Å². The van der Waals surface area contributed by atoms with Crippen LogP contribution in [0.2, 0.25) is 0 Å². The van der Waals surface area contributed by atoms with E-state index in [1.165, 1.54) is 11.0 Å². The van der Waals surface area contributed by atoms with E-state index in [0.717, 1.165) is 5.69 Å². The van der Waals surface area contributed by atoms with Gasteiger partial charge in [0.1, 0.15) is 17.9 Å². The van der Waals surface area contributed by atoms with Gasteiger partial charge in [0.25, 0.3) is 0 Å². The van der Waals surface area contributed by atoms with Crippen LogP contribution in [0.15, 0.2) is 36.5 Å². The number of aliphatic hydroxyl groups is 3. The maximum absolute atomic E-state index is 9.87. The van der Waals surface area contributed by atoms with E-state index in [9.17, 15) is 15.3 Å². The fourth-order valence-corrected chi connectivity index (χ4v) is 1.62. The molecule has 0 radical (unpaired) electrons. The van der Waals surface area contributed by atoms with E-state index >= 15 is 0 Å². The number of nitrogens with zero attached hydrogens (tertiary/aromatic N) is 3. The van der Waals surface area contributed by atoms with E-state index < -0.39 is 18.3 Å². The number of aromatic nitrogens is 3. The van der Waals surface area contributed by atoms with E-state index in [1.807, 2.05) is 18.2 Å². The van der Waals surface area contributed by atoms with Gasteiger partial charge in [0.15, 0.2) is 0 Å². The highest BCUT2D eigenvalue weighted by Gasteiger charge is 2.27. The van der Waals surface area contributed by atoms with Crippen molar-refractivity contribution in [3.05, 3.63) is 42.2 Å². The molecule has 0 fully saturated rings. The van der Waals surface area contributed by atoms with Crippen LogP contribution in [0.25, 0.3) is 5.69 Å². The van der Waals surface area contributed by atoms with E-state index in [4.69, 9.17) is 5.73 Å². The third kappa shape index (κ3) is 2.96. The Kier molecular flexibility index (Phi) is 4.23. The molecule has 0 unspecified atom stereocenters. The van der Waals surface area contributed by atoms with Gasteiger partial charge in [-0.1, -0.05) is 18.2 Å². The zero-order chi connectivity index (χ0) is 13.8. The normalized spacial score (nSPS) is 16.0. The molecule has 3 atom stereocenters. The smallest absolute Gasteiger partial charge is 0.128 e. The lowest BCUT2D eigenvalue weighted by Gasteiger charge is -2.19. The number of para-hydroxylation sites is 1. The van der Waals surface area contributed by atoms with Crippen LogP contribution >= 0.6 is 0 Å². The molecule has 0 saturated heterocycles. The Labute approximate surface area is 109 Å². The molecule has 0 spiro atoms. The van der Waals surface area contributed by atoms with E-state index in [1.54, 1.807) is 12.1 Å². The minimum atomic E-state index is -1.40. The van der Waals surface area contributed by atoms with Gasteiger partial charge < -0.3 is 21.1 Å². The van der Waals surface area contributed by atoms with Gasteiger partial charge in [0.05, 0.1) is 18.0 Å². The highest BCUT2D eigenvalue weighted by Crippen LogP contribution is 2.17. The summed E-state index contributed by atoms with van der Waals surface area (Å²) in [5.41, 5.74) is 6.12.